The van der Waals surface area contributed by atoms with E-state index in [0.29, 0.717) is 34.3 Å². The molecule has 124 valence electrons. The summed E-state index contributed by atoms with van der Waals surface area (Å²) in [6, 6.07) is 15.3. The standard InChI is InChI=1S/C19H13ClN2O2S/c20-16-10-14(24-12-13-4-2-1-3-5-13)6-7-15(16)18-17(11-23)22-8-9-25-19(22)21-18/h1-11H,12H2. The molecule has 0 saturated carbocycles. The number of aromatic nitrogens is 2. The first-order valence-electron chi connectivity index (χ1n) is 7.63. The summed E-state index contributed by atoms with van der Waals surface area (Å²) >= 11 is 7.90. The van der Waals surface area contributed by atoms with Crippen molar-refractivity contribution in [1.82, 2.24) is 9.38 Å². The number of aldehydes is 1. The van der Waals surface area contributed by atoms with Crippen LogP contribution in [0.25, 0.3) is 16.2 Å². The average molecular weight is 369 g/mol. The van der Waals surface area contributed by atoms with Gasteiger partial charge in [-0.05, 0) is 23.8 Å². The lowest BCUT2D eigenvalue weighted by Crippen LogP contribution is -1.96. The number of hydrogen-bond donors (Lipinski definition) is 0. The topological polar surface area (TPSA) is 43.6 Å². The predicted octanol–water partition coefficient (Wildman–Crippen LogP) is 5.11. The van der Waals surface area contributed by atoms with E-state index in [0.717, 1.165) is 16.8 Å². The van der Waals surface area contributed by atoms with E-state index in [9.17, 15) is 4.79 Å². The Hall–Kier alpha value is -2.63. The minimum atomic E-state index is 0.469. The smallest absolute Gasteiger partial charge is 0.194 e. The number of nitrogens with zero attached hydrogens (tertiary/aromatic N) is 2. The third-order valence-electron chi connectivity index (χ3n) is 3.85. The van der Waals surface area contributed by atoms with Gasteiger partial charge in [-0.1, -0.05) is 41.9 Å². The van der Waals surface area contributed by atoms with Crippen LogP contribution in [0.3, 0.4) is 0 Å². The van der Waals surface area contributed by atoms with E-state index in [4.69, 9.17) is 16.3 Å². The monoisotopic (exact) mass is 368 g/mol. The Balaban J connectivity index is 1.63. The number of thiazole rings is 1. The molecule has 0 unspecified atom stereocenters. The van der Waals surface area contributed by atoms with Crippen LogP contribution in [0.1, 0.15) is 16.1 Å². The quantitative estimate of drug-likeness (QED) is 0.460. The van der Waals surface area contributed by atoms with Gasteiger partial charge in [0.2, 0.25) is 0 Å². The molecule has 0 aliphatic heterocycles. The molecule has 4 nitrogen and oxygen atoms in total. The highest BCUT2D eigenvalue weighted by Crippen LogP contribution is 2.33. The lowest BCUT2D eigenvalue weighted by atomic mass is 10.1. The molecule has 0 aliphatic rings. The summed E-state index contributed by atoms with van der Waals surface area (Å²) in [6.07, 6.45) is 2.63. The van der Waals surface area contributed by atoms with Crippen LogP contribution in [-0.4, -0.2) is 15.7 Å². The van der Waals surface area contributed by atoms with Gasteiger partial charge in [-0.2, -0.15) is 0 Å². The first-order chi connectivity index (χ1) is 12.3. The van der Waals surface area contributed by atoms with E-state index in [1.807, 2.05) is 54.0 Å². The minimum absolute atomic E-state index is 0.469. The van der Waals surface area contributed by atoms with Gasteiger partial charge < -0.3 is 4.74 Å². The number of halogens is 1. The fourth-order valence-electron chi connectivity index (χ4n) is 2.63. The zero-order chi connectivity index (χ0) is 17.2. The van der Waals surface area contributed by atoms with Crippen LogP contribution in [0.2, 0.25) is 5.02 Å². The maximum Gasteiger partial charge on any atom is 0.194 e. The van der Waals surface area contributed by atoms with Crippen molar-refractivity contribution in [2.45, 2.75) is 6.61 Å². The van der Waals surface area contributed by atoms with Crippen molar-refractivity contribution >= 4 is 34.2 Å². The van der Waals surface area contributed by atoms with Crippen molar-refractivity contribution in [1.29, 1.82) is 0 Å². The number of carbonyl (C=O) groups is 1. The molecule has 6 heteroatoms. The average Bonchev–Trinajstić information content (AvgIpc) is 3.21. The maximum absolute atomic E-state index is 11.5. The highest BCUT2D eigenvalue weighted by atomic mass is 35.5. The van der Waals surface area contributed by atoms with Gasteiger partial charge >= 0.3 is 0 Å². The molecular weight excluding hydrogens is 356 g/mol. The normalized spacial score (nSPS) is 10.9. The van der Waals surface area contributed by atoms with Gasteiger partial charge in [-0.15, -0.1) is 11.3 Å². The van der Waals surface area contributed by atoms with Crippen LogP contribution in [0.15, 0.2) is 60.1 Å². The van der Waals surface area contributed by atoms with E-state index >= 15 is 0 Å². The number of fused-ring (bicyclic) bond motifs is 1. The lowest BCUT2D eigenvalue weighted by Gasteiger charge is -2.09. The Kier molecular flexibility index (Phi) is 4.26. The number of benzene rings is 2. The minimum Gasteiger partial charge on any atom is -0.489 e. The SMILES string of the molecule is O=Cc1c(-c2ccc(OCc3ccccc3)cc2Cl)nc2sccn12. The molecule has 0 atom stereocenters. The molecule has 4 rings (SSSR count). The molecule has 0 amide bonds. The Morgan fingerprint density at radius 2 is 2.04 bits per heavy atom. The zero-order valence-corrected chi connectivity index (χ0v) is 14.6. The second-order valence-electron chi connectivity index (χ2n) is 5.44. The van der Waals surface area contributed by atoms with Crippen molar-refractivity contribution in [3.8, 4) is 17.0 Å². The summed E-state index contributed by atoms with van der Waals surface area (Å²) in [5.74, 6) is 0.672. The van der Waals surface area contributed by atoms with Gasteiger partial charge in [0, 0.05) is 17.1 Å². The Morgan fingerprint density at radius 1 is 1.20 bits per heavy atom. The third-order valence-corrected chi connectivity index (χ3v) is 4.92. The molecule has 0 N–H and O–H groups in total. The van der Waals surface area contributed by atoms with Crippen LogP contribution in [0, 0.1) is 0 Å². The van der Waals surface area contributed by atoms with Crippen LogP contribution in [-0.2, 0) is 6.61 Å². The second-order valence-corrected chi connectivity index (χ2v) is 6.72. The maximum atomic E-state index is 11.5. The van der Waals surface area contributed by atoms with Crippen LogP contribution in [0.5, 0.6) is 5.75 Å². The van der Waals surface area contributed by atoms with Crippen molar-refractivity contribution in [3.63, 3.8) is 0 Å². The molecule has 4 aromatic rings. The molecule has 2 aromatic heterocycles. The van der Waals surface area contributed by atoms with Gasteiger partial charge in [-0.3, -0.25) is 9.20 Å². The second kappa shape index (κ2) is 6.70. The molecule has 25 heavy (non-hydrogen) atoms. The molecule has 2 aromatic carbocycles. The number of hydrogen-bond acceptors (Lipinski definition) is 4. The molecular formula is C19H13ClN2O2S. The summed E-state index contributed by atoms with van der Waals surface area (Å²) in [7, 11) is 0. The Morgan fingerprint density at radius 3 is 2.80 bits per heavy atom. The molecule has 2 heterocycles. The molecule has 0 fully saturated rings. The number of rotatable bonds is 5. The van der Waals surface area contributed by atoms with Gasteiger partial charge in [0.1, 0.15) is 23.7 Å². The van der Waals surface area contributed by atoms with Gasteiger partial charge in [0.15, 0.2) is 11.2 Å². The summed E-state index contributed by atoms with van der Waals surface area (Å²) in [4.78, 5) is 16.8. The zero-order valence-electron chi connectivity index (χ0n) is 13.1. The summed E-state index contributed by atoms with van der Waals surface area (Å²) in [6.45, 7) is 0.469. The van der Waals surface area contributed by atoms with Gasteiger partial charge in [0.25, 0.3) is 0 Å². The summed E-state index contributed by atoms with van der Waals surface area (Å²) < 4.78 is 7.55. The van der Waals surface area contributed by atoms with E-state index in [1.54, 1.807) is 10.5 Å². The Bertz CT molecular complexity index is 1040. The molecule has 0 bridgehead atoms. The Labute approximate surface area is 153 Å². The van der Waals surface area contributed by atoms with E-state index in [1.165, 1.54) is 11.3 Å². The van der Waals surface area contributed by atoms with Crippen LogP contribution >= 0.6 is 22.9 Å². The molecule has 0 radical (unpaired) electrons. The van der Waals surface area contributed by atoms with Crippen LogP contribution in [0.4, 0.5) is 0 Å². The fourth-order valence-corrected chi connectivity index (χ4v) is 3.61. The fraction of sp³-hybridized carbons (Fsp3) is 0.0526. The largest absolute Gasteiger partial charge is 0.489 e. The van der Waals surface area contributed by atoms with Crippen molar-refractivity contribution in [2.24, 2.45) is 0 Å². The highest BCUT2D eigenvalue weighted by Gasteiger charge is 2.17. The summed E-state index contributed by atoms with van der Waals surface area (Å²) in [5.41, 5.74) is 2.88. The molecule has 0 spiro atoms. The number of ether oxygens (including phenoxy) is 1. The number of carbonyl (C=O) groups excluding carboxylic acids is 1. The van der Waals surface area contributed by atoms with Crippen molar-refractivity contribution < 1.29 is 9.53 Å². The van der Waals surface area contributed by atoms with Crippen LogP contribution < -0.4 is 4.74 Å². The van der Waals surface area contributed by atoms with E-state index < -0.39 is 0 Å². The van der Waals surface area contributed by atoms with E-state index in [-0.39, 0.29) is 0 Å². The molecule has 0 saturated heterocycles. The number of imidazole rings is 1. The molecule has 0 aliphatic carbocycles. The highest BCUT2D eigenvalue weighted by molar-refractivity contribution is 7.15. The first-order valence-corrected chi connectivity index (χ1v) is 8.89. The van der Waals surface area contributed by atoms with Crippen molar-refractivity contribution in [3.05, 3.63) is 76.4 Å². The summed E-state index contributed by atoms with van der Waals surface area (Å²) in [5, 5.41) is 2.39. The van der Waals surface area contributed by atoms with Crippen molar-refractivity contribution in [2.75, 3.05) is 0 Å². The lowest BCUT2D eigenvalue weighted by molar-refractivity contribution is 0.111. The van der Waals surface area contributed by atoms with Gasteiger partial charge in [-0.25, -0.2) is 4.98 Å². The first kappa shape index (κ1) is 15.9. The van der Waals surface area contributed by atoms with Gasteiger partial charge in [0.05, 0.1) is 5.02 Å². The predicted molar refractivity (Wildman–Crippen MR) is 99.7 cm³/mol. The third kappa shape index (κ3) is 3.04. The van der Waals surface area contributed by atoms with E-state index in [2.05, 4.69) is 4.98 Å².